The number of halogens is 1. The van der Waals surface area contributed by atoms with Gasteiger partial charge in [0, 0.05) is 12.1 Å². The van der Waals surface area contributed by atoms with Crippen molar-refractivity contribution in [3.8, 4) is 22.4 Å². The molecule has 0 bridgehead atoms. The summed E-state index contributed by atoms with van der Waals surface area (Å²) in [6, 6.07) is 24.9. The lowest BCUT2D eigenvalue weighted by molar-refractivity contribution is 0.0377. The highest BCUT2D eigenvalue weighted by Crippen LogP contribution is 2.43. The number of fused-ring (bicyclic) bond motifs is 1. The zero-order chi connectivity index (χ0) is 30.9. The van der Waals surface area contributed by atoms with Crippen LogP contribution in [0.1, 0.15) is 57.0 Å². The van der Waals surface area contributed by atoms with Crippen LogP contribution in [0.15, 0.2) is 78.9 Å². The number of nitrogens with one attached hydrogen (secondary N) is 2. The maximum absolute atomic E-state index is 13.5. The third-order valence-corrected chi connectivity index (χ3v) is 7.93. The summed E-state index contributed by atoms with van der Waals surface area (Å²) in [6.07, 6.45) is 3.03. The van der Waals surface area contributed by atoms with Gasteiger partial charge in [-0.2, -0.15) is 9.50 Å². The zero-order valence-corrected chi connectivity index (χ0v) is 25.5. The van der Waals surface area contributed by atoms with Gasteiger partial charge in [0.2, 0.25) is 0 Å². The van der Waals surface area contributed by atoms with Crippen LogP contribution in [0, 0.1) is 12.7 Å². The van der Waals surface area contributed by atoms with Gasteiger partial charge in [-0.1, -0.05) is 66.7 Å². The van der Waals surface area contributed by atoms with Gasteiger partial charge in [-0.25, -0.2) is 14.2 Å². The molecule has 9 heteroatoms. The van der Waals surface area contributed by atoms with Gasteiger partial charge in [0.25, 0.3) is 5.78 Å². The highest BCUT2D eigenvalue weighted by atomic mass is 19.1. The molecule has 44 heavy (non-hydrogen) atoms. The second kappa shape index (κ2) is 11.7. The Morgan fingerprint density at radius 3 is 2.30 bits per heavy atom. The monoisotopic (exact) mass is 592 g/mol. The number of alkyl carbamates (subject to hydrolysis) is 1. The minimum Gasteiger partial charge on any atom is -0.444 e. The Hall–Kier alpha value is -4.79. The predicted molar refractivity (Wildman–Crippen MR) is 170 cm³/mol. The molecule has 1 fully saturated rings. The van der Waals surface area contributed by atoms with Gasteiger partial charge in [-0.15, -0.1) is 5.10 Å². The summed E-state index contributed by atoms with van der Waals surface area (Å²) in [5, 5.41) is 11.4. The fourth-order valence-corrected chi connectivity index (χ4v) is 5.69. The molecule has 2 N–H and O–H groups in total. The summed E-state index contributed by atoms with van der Waals surface area (Å²) in [4.78, 5) is 22.3. The highest BCUT2D eigenvalue weighted by Gasteiger charge is 2.41. The number of hydrogen-bond acceptors (Lipinski definition) is 6. The van der Waals surface area contributed by atoms with E-state index < -0.39 is 17.2 Å². The summed E-state index contributed by atoms with van der Waals surface area (Å²) in [7, 11) is 0. The average molecular weight is 593 g/mol. The molecule has 5 aromatic rings. The molecule has 226 valence electrons. The van der Waals surface area contributed by atoms with Crippen LogP contribution in [0.2, 0.25) is 0 Å². The quantitative estimate of drug-likeness (QED) is 0.194. The summed E-state index contributed by atoms with van der Waals surface area (Å²) in [6.45, 7) is 8.05. The Kier molecular flexibility index (Phi) is 7.80. The van der Waals surface area contributed by atoms with Gasteiger partial charge in [0.1, 0.15) is 23.1 Å². The molecule has 3 aromatic carbocycles. The van der Waals surface area contributed by atoms with E-state index in [2.05, 4.69) is 57.1 Å². The zero-order valence-electron chi connectivity index (χ0n) is 25.5. The van der Waals surface area contributed by atoms with Crippen molar-refractivity contribution < 1.29 is 13.9 Å². The fraction of sp³-hybridized carbons (Fsp3) is 0.314. The Bertz CT molecular complexity index is 1770. The van der Waals surface area contributed by atoms with Crippen LogP contribution in [0.25, 0.3) is 28.2 Å². The van der Waals surface area contributed by atoms with Crippen LogP contribution in [0.4, 0.5) is 15.0 Å². The van der Waals surface area contributed by atoms with Crippen LogP contribution < -0.4 is 10.6 Å². The van der Waals surface area contributed by atoms with E-state index in [1.807, 2.05) is 45.9 Å². The Morgan fingerprint density at radius 1 is 0.955 bits per heavy atom. The molecule has 0 spiro atoms. The topological polar surface area (TPSA) is 93.4 Å². The number of anilines is 1. The molecule has 1 saturated carbocycles. The first kappa shape index (κ1) is 29.3. The summed E-state index contributed by atoms with van der Waals surface area (Å²) >= 11 is 0. The van der Waals surface area contributed by atoms with E-state index in [4.69, 9.17) is 9.72 Å². The Morgan fingerprint density at radius 2 is 1.66 bits per heavy atom. The molecule has 0 radical (unpaired) electrons. The molecule has 2 aromatic heterocycles. The van der Waals surface area contributed by atoms with Gasteiger partial charge in [-0.05, 0) is 82.2 Å². The number of carbonyl (C=O) groups excluding carboxylic acids is 1. The molecule has 0 atom stereocenters. The number of rotatable bonds is 8. The second-order valence-corrected chi connectivity index (χ2v) is 12.4. The van der Waals surface area contributed by atoms with Crippen molar-refractivity contribution in [2.45, 2.75) is 64.5 Å². The van der Waals surface area contributed by atoms with Crippen molar-refractivity contribution in [2.24, 2.45) is 0 Å². The summed E-state index contributed by atoms with van der Waals surface area (Å²) in [5.74, 6) is 1.64. The average Bonchev–Trinajstić information content (AvgIpc) is 3.35. The Labute approximate surface area is 256 Å². The van der Waals surface area contributed by atoms with E-state index in [1.54, 1.807) is 16.6 Å². The minimum atomic E-state index is -0.568. The molecule has 6 rings (SSSR count). The standard InChI is InChI=1S/C35H37FN6O2/c1-23-38-32-39-30(26-13-15-27(16-14-26)35(20-8-21-35)40-33(43)44-34(2,3)4)29(25-9-6-5-7-10-25)31(42(32)41-23)37-22-19-24-11-17-28(36)18-12-24/h5-7,9-18,37H,8,19-22H2,1-4H3,(H,40,43). The predicted octanol–water partition coefficient (Wildman–Crippen LogP) is 7.46. The molecule has 0 aliphatic heterocycles. The number of aromatic nitrogens is 4. The maximum Gasteiger partial charge on any atom is 0.408 e. The SMILES string of the molecule is Cc1nc2nc(-c3ccc(C4(NC(=O)OC(C)(C)C)CCC4)cc3)c(-c3ccccc3)c(NCCc3ccc(F)cc3)n2n1. The van der Waals surface area contributed by atoms with Crippen molar-refractivity contribution in [1.82, 2.24) is 24.9 Å². The van der Waals surface area contributed by atoms with Gasteiger partial charge >= 0.3 is 6.09 Å². The number of amides is 1. The lowest BCUT2D eigenvalue weighted by Crippen LogP contribution is -2.52. The largest absolute Gasteiger partial charge is 0.444 e. The Balaban J connectivity index is 1.38. The van der Waals surface area contributed by atoms with Crippen molar-refractivity contribution >= 4 is 17.7 Å². The molecular formula is C35H37FN6O2. The van der Waals surface area contributed by atoms with Gasteiger partial charge in [0.15, 0.2) is 0 Å². The van der Waals surface area contributed by atoms with Crippen molar-refractivity contribution in [3.05, 3.63) is 102 Å². The minimum absolute atomic E-state index is 0.249. The van der Waals surface area contributed by atoms with Crippen LogP contribution >= 0.6 is 0 Å². The molecule has 8 nitrogen and oxygen atoms in total. The first-order chi connectivity index (χ1) is 21.1. The van der Waals surface area contributed by atoms with E-state index >= 15 is 0 Å². The van der Waals surface area contributed by atoms with E-state index in [0.717, 1.165) is 58.6 Å². The molecule has 0 unspecified atom stereocenters. The second-order valence-electron chi connectivity index (χ2n) is 12.4. The fourth-order valence-electron chi connectivity index (χ4n) is 5.69. The van der Waals surface area contributed by atoms with Crippen LogP contribution in [0.3, 0.4) is 0 Å². The van der Waals surface area contributed by atoms with Gasteiger partial charge in [0.05, 0.1) is 16.8 Å². The van der Waals surface area contributed by atoms with Crippen molar-refractivity contribution in [2.75, 3.05) is 11.9 Å². The molecule has 2 heterocycles. The van der Waals surface area contributed by atoms with Crippen LogP contribution in [-0.4, -0.2) is 37.8 Å². The lowest BCUT2D eigenvalue weighted by Gasteiger charge is -2.43. The smallest absolute Gasteiger partial charge is 0.408 e. The first-order valence-corrected chi connectivity index (χ1v) is 15.0. The normalized spacial score (nSPS) is 14.2. The summed E-state index contributed by atoms with van der Waals surface area (Å²) < 4.78 is 20.8. The number of nitrogens with zero attached hydrogens (tertiary/aromatic N) is 4. The highest BCUT2D eigenvalue weighted by molar-refractivity contribution is 5.89. The summed E-state index contributed by atoms with van der Waals surface area (Å²) in [5.41, 5.74) is 4.64. The molecule has 1 amide bonds. The number of carbonyl (C=O) groups is 1. The third-order valence-electron chi connectivity index (χ3n) is 7.93. The van der Waals surface area contributed by atoms with Crippen molar-refractivity contribution in [1.29, 1.82) is 0 Å². The molecular weight excluding hydrogens is 555 g/mol. The van der Waals surface area contributed by atoms with E-state index in [1.165, 1.54) is 12.1 Å². The van der Waals surface area contributed by atoms with Crippen LogP contribution in [0.5, 0.6) is 0 Å². The molecule has 1 aliphatic carbocycles. The molecule has 1 aliphatic rings. The number of hydrogen-bond donors (Lipinski definition) is 2. The maximum atomic E-state index is 13.5. The third kappa shape index (κ3) is 6.13. The lowest BCUT2D eigenvalue weighted by atomic mass is 9.71. The van der Waals surface area contributed by atoms with E-state index in [-0.39, 0.29) is 5.82 Å². The van der Waals surface area contributed by atoms with Gasteiger partial charge in [-0.3, -0.25) is 0 Å². The first-order valence-electron chi connectivity index (χ1n) is 15.0. The van der Waals surface area contributed by atoms with Crippen molar-refractivity contribution in [3.63, 3.8) is 0 Å². The van der Waals surface area contributed by atoms with E-state index in [0.29, 0.717) is 24.6 Å². The number of benzene rings is 3. The number of aryl methyl sites for hydroxylation is 1. The van der Waals surface area contributed by atoms with Crippen LogP contribution in [-0.2, 0) is 16.7 Å². The molecule has 0 saturated heterocycles. The van der Waals surface area contributed by atoms with E-state index in [9.17, 15) is 9.18 Å². The van der Waals surface area contributed by atoms with Gasteiger partial charge < -0.3 is 15.4 Å². The number of ether oxygens (including phenoxy) is 1.